The Morgan fingerprint density at radius 3 is 2.39 bits per heavy atom. The Hall–Kier alpha value is -0.770. The van der Waals surface area contributed by atoms with Gasteiger partial charge in [0.25, 0.3) is 0 Å². The summed E-state index contributed by atoms with van der Waals surface area (Å²) in [5.74, 6) is 0.452. The third kappa shape index (κ3) is 3.52. The molecule has 5 heteroatoms. The molecule has 124 valence electrons. The van der Waals surface area contributed by atoms with Crippen LogP contribution in [0.4, 0.5) is 0 Å². The van der Waals surface area contributed by atoms with E-state index in [9.17, 15) is 0 Å². The molecule has 1 N–H and O–H groups in total. The molecule has 1 saturated heterocycles. The summed E-state index contributed by atoms with van der Waals surface area (Å²) in [7, 11) is 0. The topological polar surface area (TPSA) is 15.3 Å². The highest BCUT2D eigenvalue weighted by Gasteiger charge is 2.34. The van der Waals surface area contributed by atoms with Crippen LogP contribution < -0.4 is 5.32 Å². The standard InChI is InChI=1S/C18H19ClN2.2ClH/c19-14-7-5-13(6-8-14)17-12-21-10-9-20-11-18(21)16-4-2-1-3-15(16)17;;/h1-8,17-18,20H,9-12H2;2*1H. The molecule has 2 unspecified atom stereocenters. The van der Waals surface area contributed by atoms with E-state index in [0.717, 1.165) is 31.2 Å². The molecule has 0 bridgehead atoms. The van der Waals surface area contributed by atoms with Gasteiger partial charge in [0.2, 0.25) is 0 Å². The summed E-state index contributed by atoms with van der Waals surface area (Å²) in [5, 5.41) is 4.34. The molecule has 0 amide bonds. The van der Waals surface area contributed by atoms with Gasteiger partial charge in [-0.25, -0.2) is 0 Å². The fraction of sp³-hybridized carbons (Fsp3) is 0.333. The molecule has 2 aromatic rings. The Kier molecular flexibility index (Phi) is 6.35. The number of nitrogens with one attached hydrogen (secondary N) is 1. The van der Waals surface area contributed by atoms with E-state index in [1.54, 1.807) is 0 Å². The normalized spacial score (nSPS) is 23.0. The number of rotatable bonds is 1. The summed E-state index contributed by atoms with van der Waals surface area (Å²) in [6, 6.07) is 17.8. The van der Waals surface area contributed by atoms with Gasteiger partial charge in [0.1, 0.15) is 0 Å². The second-order valence-electron chi connectivity index (χ2n) is 5.95. The summed E-state index contributed by atoms with van der Waals surface area (Å²) >= 11 is 6.04. The van der Waals surface area contributed by atoms with Gasteiger partial charge in [-0.05, 0) is 28.8 Å². The second-order valence-corrected chi connectivity index (χ2v) is 6.38. The van der Waals surface area contributed by atoms with Crippen molar-refractivity contribution in [3.8, 4) is 0 Å². The van der Waals surface area contributed by atoms with E-state index in [0.29, 0.717) is 12.0 Å². The zero-order valence-corrected chi connectivity index (χ0v) is 15.1. The van der Waals surface area contributed by atoms with Crippen LogP contribution in [-0.4, -0.2) is 31.1 Å². The third-order valence-electron chi connectivity index (χ3n) is 4.77. The summed E-state index contributed by atoms with van der Waals surface area (Å²) in [4.78, 5) is 2.62. The number of fused-ring (bicyclic) bond motifs is 3. The molecule has 2 heterocycles. The van der Waals surface area contributed by atoms with Crippen molar-refractivity contribution in [3.05, 3.63) is 70.2 Å². The van der Waals surface area contributed by atoms with Gasteiger partial charge in [0, 0.05) is 43.2 Å². The Bertz CT molecular complexity index is 645. The number of halogens is 3. The average molecular weight is 372 g/mol. The minimum absolute atomic E-state index is 0. The van der Waals surface area contributed by atoms with Crippen LogP contribution in [0.5, 0.6) is 0 Å². The Labute approximate surface area is 155 Å². The highest BCUT2D eigenvalue weighted by Crippen LogP contribution is 2.39. The van der Waals surface area contributed by atoms with Crippen molar-refractivity contribution in [2.75, 3.05) is 26.2 Å². The van der Waals surface area contributed by atoms with Crippen molar-refractivity contribution in [1.82, 2.24) is 10.2 Å². The molecule has 1 fully saturated rings. The average Bonchev–Trinajstić information content (AvgIpc) is 2.55. The highest BCUT2D eigenvalue weighted by molar-refractivity contribution is 6.30. The smallest absolute Gasteiger partial charge is 0.0476 e. The van der Waals surface area contributed by atoms with Crippen LogP contribution >= 0.6 is 36.4 Å². The minimum Gasteiger partial charge on any atom is -0.314 e. The van der Waals surface area contributed by atoms with Crippen LogP contribution in [0.25, 0.3) is 0 Å². The molecule has 0 radical (unpaired) electrons. The number of hydrogen-bond donors (Lipinski definition) is 1. The minimum atomic E-state index is 0. The Morgan fingerprint density at radius 1 is 0.957 bits per heavy atom. The number of benzene rings is 2. The van der Waals surface area contributed by atoms with Gasteiger partial charge >= 0.3 is 0 Å². The number of nitrogens with zero attached hydrogens (tertiary/aromatic N) is 1. The van der Waals surface area contributed by atoms with E-state index in [-0.39, 0.29) is 24.8 Å². The van der Waals surface area contributed by atoms with E-state index < -0.39 is 0 Å². The lowest BCUT2D eigenvalue weighted by Crippen LogP contribution is -2.50. The molecule has 2 atom stereocenters. The Balaban J connectivity index is 0.000000960. The van der Waals surface area contributed by atoms with Crippen LogP contribution in [0.3, 0.4) is 0 Å². The predicted molar refractivity (Wildman–Crippen MR) is 101 cm³/mol. The summed E-state index contributed by atoms with van der Waals surface area (Å²) in [6.07, 6.45) is 0. The largest absolute Gasteiger partial charge is 0.314 e. The zero-order valence-electron chi connectivity index (χ0n) is 12.7. The van der Waals surface area contributed by atoms with Crippen molar-refractivity contribution >= 4 is 36.4 Å². The number of hydrogen-bond acceptors (Lipinski definition) is 2. The summed E-state index contributed by atoms with van der Waals surface area (Å²) in [6.45, 7) is 4.38. The van der Waals surface area contributed by atoms with E-state index in [1.807, 2.05) is 12.1 Å². The SMILES string of the molecule is Cl.Cl.Clc1ccc(C2CN3CCNCC3c3ccccc32)cc1. The molecule has 2 aliphatic heterocycles. The lowest BCUT2D eigenvalue weighted by atomic mass is 9.81. The van der Waals surface area contributed by atoms with E-state index in [4.69, 9.17) is 11.6 Å². The molecule has 0 aromatic heterocycles. The monoisotopic (exact) mass is 370 g/mol. The Morgan fingerprint density at radius 2 is 1.65 bits per heavy atom. The molecular weight excluding hydrogens is 351 g/mol. The molecular formula is C18H21Cl3N2. The lowest BCUT2D eigenvalue weighted by molar-refractivity contribution is 0.143. The summed E-state index contributed by atoms with van der Waals surface area (Å²) in [5.41, 5.74) is 4.32. The maximum atomic E-state index is 6.04. The van der Waals surface area contributed by atoms with Crippen LogP contribution in [0.2, 0.25) is 5.02 Å². The molecule has 2 nitrogen and oxygen atoms in total. The fourth-order valence-electron chi connectivity index (χ4n) is 3.72. The lowest BCUT2D eigenvalue weighted by Gasteiger charge is -2.44. The fourth-order valence-corrected chi connectivity index (χ4v) is 3.84. The van der Waals surface area contributed by atoms with Crippen molar-refractivity contribution in [3.63, 3.8) is 0 Å². The maximum absolute atomic E-state index is 6.04. The molecule has 0 spiro atoms. The van der Waals surface area contributed by atoms with Crippen LogP contribution in [-0.2, 0) is 0 Å². The first-order valence-electron chi connectivity index (χ1n) is 7.62. The molecule has 4 rings (SSSR count). The first-order chi connectivity index (χ1) is 10.3. The van der Waals surface area contributed by atoms with Gasteiger partial charge in [-0.3, -0.25) is 4.90 Å². The zero-order chi connectivity index (χ0) is 14.2. The van der Waals surface area contributed by atoms with Gasteiger partial charge in [0.15, 0.2) is 0 Å². The molecule has 23 heavy (non-hydrogen) atoms. The maximum Gasteiger partial charge on any atom is 0.0476 e. The van der Waals surface area contributed by atoms with Crippen LogP contribution in [0.15, 0.2) is 48.5 Å². The molecule has 2 aliphatic rings. The first-order valence-corrected chi connectivity index (χ1v) is 8.00. The van der Waals surface area contributed by atoms with Crippen molar-refractivity contribution in [2.45, 2.75) is 12.0 Å². The van der Waals surface area contributed by atoms with E-state index in [2.05, 4.69) is 46.6 Å². The molecule has 2 aromatic carbocycles. The van der Waals surface area contributed by atoms with Gasteiger partial charge in [-0.1, -0.05) is 48.0 Å². The first kappa shape index (κ1) is 18.6. The van der Waals surface area contributed by atoms with Gasteiger partial charge in [0.05, 0.1) is 0 Å². The predicted octanol–water partition coefficient (Wildman–Crippen LogP) is 4.28. The molecule has 0 aliphatic carbocycles. The second kappa shape index (κ2) is 7.87. The van der Waals surface area contributed by atoms with Crippen LogP contribution in [0.1, 0.15) is 28.7 Å². The quantitative estimate of drug-likeness (QED) is 0.805. The van der Waals surface area contributed by atoms with Gasteiger partial charge < -0.3 is 5.32 Å². The highest BCUT2D eigenvalue weighted by atomic mass is 35.5. The van der Waals surface area contributed by atoms with Crippen molar-refractivity contribution < 1.29 is 0 Å². The third-order valence-corrected chi connectivity index (χ3v) is 5.03. The molecule has 0 saturated carbocycles. The number of piperazine rings is 1. The van der Waals surface area contributed by atoms with Gasteiger partial charge in [-0.15, -0.1) is 24.8 Å². The van der Waals surface area contributed by atoms with E-state index >= 15 is 0 Å². The van der Waals surface area contributed by atoms with Crippen LogP contribution in [0, 0.1) is 0 Å². The summed E-state index contributed by atoms with van der Waals surface area (Å²) < 4.78 is 0. The van der Waals surface area contributed by atoms with Crippen molar-refractivity contribution in [1.29, 1.82) is 0 Å². The van der Waals surface area contributed by atoms with Gasteiger partial charge in [-0.2, -0.15) is 0 Å². The van der Waals surface area contributed by atoms with E-state index in [1.165, 1.54) is 16.7 Å². The van der Waals surface area contributed by atoms with Crippen molar-refractivity contribution in [2.24, 2.45) is 0 Å².